The summed E-state index contributed by atoms with van der Waals surface area (Å²) in [6, 6.07) is 25.6. The largest absolute Gasteiger partial charge is 0.494 e. The molecule has 0 aromatic heterocycles. The summed E-state index contributed by atoms with van der Waals surface area (Å²) in [7, 11) is 3.52. The van der Waals surface area contributed by atoms with Gasteiger partial charge in [0.05, 0.1) is 13.2 Å². The van der Waals surface area contributed by atoms with Crippen molar-refractivity contribution in [3.63, 3.8) is 0 Å². The van der Waals surface area contributed by atoms with Gasteiger partial charge in [0, 0.05) is 38.0 Å². The third-order valence-electron chi connectivity index (χ3n) is 5.37. The molecule has 0 unspecified atom stereocenters. The number of amides is 2. The Morgan fingerprint density at radius 3 is 2.29 bits per heavy atom. The van der Waals surface area contributed by atoms with Crippen molar-refractivity contribution in [2.45, 2.75) is 25.7 Å². The first-order chi connectivity index (χ1) is 16.5. The Hall–Kier alpha value is -3.80. The van der Waals surface area contributed by atoms with E-state index in [2.05, 4.69) is 22.8 Å². The SMILES string of the molecule is CN(C)C(=O)CCc1ccc(NCC(=O)Nc2cccc(OCCCc3ccccc3)c2)cc1. The second kappa shape index (κ2) is 13.0. The molecule has 0 heterocycles. The molecule has 0 spiro atoms. The van der Waals surface area contributed by atoms with Crippen LogP contribution < -0.4 is 15.4 Å². The van der Waals surface area contributed by atoms with Gasteiger partial charge >= 0.3 is 0 Å². The van der Waals surface area contributed by atoms with Gasteiger partial charge in [-0.1, -0.05) is 48.5 Å². The maximum absolute atomic E-state index is 12.4. The van der Waals surface area contributed by atoms with Crippen molar-refractivity contribution >= 4 is 23.2 Å². The van der Waals surface area contributed by atoms with Gasteiger partial charge in [-0.2, -0.15) is 0 Å². The van der Waals surface area contributed by atoms with E-state index in [-0.39, 0.29) is 18.4 Å². The van der Waals surface area contributed by atoms with Gasteiger partial charge in [0.1, 0.15) is 5.75 Å². The molecule has 6 nitrogen and oxygen atoms in total. The van der Waals surface area contributed by atoms with E-state index < -0.39 is 0 Å². The highest BCUT2D eigenvalue weighted by atomic mass is 16.5. The van der Waals surface area contributed by atoms with Crippen LogP contribution in [0.4, 0.5) is 11.4 Å². The molecule has 0 radical (unpaired) electrons. The first-order valence-electron chi connectivity index (χ1n) is 11.6. The second-order valence-electron chi connectivity index (χ2n) is 8.35. The highest BCUT2D eigenvalue weighted by Gasteiger charge is 2.06. The lowest BCUT2D eigenvalue weighted by molar-refractivity contribution is -0.128. The zero-order valence-electron chi connectivity index (χ0n) is 19.9. The van der Waals surface area contributed by atoms with Crippen molar-refractivity contribution in [3.8, 4) is 5.75 Å². The number of carbonyl (C=O) groups is 2. The summed E-state index contributed by atoms with van der Waals surface area (Å²) in [5, 5.41) is 6.03. The number of rotatable bonds is 12. The molecular formula is C28H33N3O3. The third kappa shape index (κ3) is 8.62. The lowest BCUT2D eigenvalue weighted by atomic mass is 10.1. The Labute approximate surface area is 201 Å². The van der Waals surface area contributed by atoms with Crippen LogP contribution in [0.25, 0.3) is 0 Å². The fourth-order valence-electron chi connectivity index (χ4n) is 3.43. The monoisotopic (exact) mass is 459 g/mol. The molecule has 0 atom stereocenters. The predicted molar refractivity (Wildman–Crippen MR) is 137 cm³/mol. The van der Waals surface area contributed by atoms with Crippen LogP contribution in [0.1, 0.15) is 24.0 Å². The highest BCUT2D eigenvalue weighted by molar-refractivity contribution is 5.93. The molecule has 3 aromatic carbocycles. The molecule has 178 valence electrons. The Balaban J connectivity index is 1.38. The van der Waals surface area contributed by atoms with Crippen LogP contribution in [-0.2, 0) is 22.4 Å². The van der Waals surface area contributed by atoms with Crippen molar-refractivity contribution in [2.24, 2.45) is 0 Å². The molecular weight excluding hydrogens is 426 g/mol. The number of nitrogens with one attached hydrogen (secondary N) is 2. The van der Waals surface area contributed by atoms with Gasteiger partial charge in [-0.3, -0.25) is 9.59 Å². The second-order valence-corrected chi connectivity index (χ2v) is 8.35. The van der Waals surface area contributed by atoms with E-state index >= 15 is 0 Å². The minimum absolute atomic E-state index is 0.112. The van der Waals surface area contributed by atoms with Gasteiger partial charge in [0.2, 0.25) is 11.8 Å². The summed E-state index contributed by atoms with van der Waals surface area (Å²) in [4.78, 5) is 25.7. The van der Waals surface area contributed by atoms with Gasteiger partial charge in [0.25, 0.3) is 0 Å². The summed E-state index contributed by atoms with van der Waals surface area (Å²) in [6.45, 7) is 0.772. The van der Waals surface area contributed by atoms with Gasteiger partial charge < -0.3 is 20.3 Å². The highest BCUT2D eigenvalue weighted by Crippen LogP contribution is 2.18. The molecule has 3 rings (SSSR count). The molecule has 0 aliphatic rings. The molecule has 6 heteroatoms. The standard InChI is InChI=1S/C28H33N3O3/c1-31(2)28(33)18-15-23-13-16-24(17-14-23)29-21-27(32)30-25-11-6-12-26(20-25)34-19-7-10-22-8-4-3-5-9-22/h3-6,8-9,11-14,16-17,20,29H,7,10,15,18-19,21H2,1-2H3,(H,30,32). The quantitative estimate of drug-likeness (QED) is 0.383. The van der Waals surface area contributed by atoms with E-state index in [0.717, 1.165) is 29.8 Å². The Morgan fingerprint density at radius 1 is 0.824 bits per heavy atom. The number of benzene rings is 3. The van der Waals surface area contributed by atoms with Gasteiger partial charge in [0.15, 0.2) is 0 Å². The smallest absolute Gasteiger partial charge is 0.243 e. The van der Waals surface area contributed by atoms with E-state index in [1.807, 2.05) is 66.7 Å². The summed E-state index contributed by atoms with van der Waals surface area (Å²) < 4.78 is 5.85. The number of anilines is 2. The van der Waals surface area contributed by atoms with E-state index in [9.17, 15) is 9.59 Å². The lowest BCUT2D eigenvalue weighted by Crippen LogP contribution is -2.22. The number of nitrogens with zero attached hydrogens (tertiary/aromatic N) is 1. The number of hydrogen-bond acceptors (Lipinski definition) is 4. The Kier molecular flexibility index (Phi) is 9.52. The number of aryl methyl sites for hydroxylation is 2. The summed E-state index contributed by atoms with van der Waals surface area (Å²) >= 11 is 0. The van der Waals surface area contributed by atoms with Gasteiger partial charge in [-0.25, -0.2) is 0 Å². The fourth-order valence-corrected chi connectivity index (χ4v) is 3.43. The molecule has 2 amide bonds. The van der Waals surface area contributed by atoms with Crippen LogP contribution in [0.3, 0.4) is 0 Å². The van der Waals surface area contributed by atoms with Gasteiger partial charge in [-0.15, -0.1) is 0 Å². The van der Waals surface area contributed by atoms with Crippen LogP contribution >= 0.6 is 0 Å². The predicted octanol–water partition coefficient (Wildman–Crippen LogP) is 4.77. The zero-order chi connectivity index (χ0) is 24.2. The molecule has 0 saturated heterocycles. The fraction of sp³-hybridized carbons (Fsp3) is 0.286. The molecule has 0 saturated carbocycles. The minimum atomic E-state index is -0.137. The molecule has 0 bridgehead atoms. The maximum Gasteiger partial charge on any atom is 0.243 e. The summed E-state index contributed by atoms with van der Waals surface area (Å²) in [5.74, 6) is 0.713. The number of ether oxygens (including phenoxy) is 1. The van der Waals surface area contributed by atoms with Crippen LogP contribution in [0.2, 0.25) is 0 Å². The molecule has 0 aliphatic heterocycles. The van der Waals surface area contributed by atoms with E-state index in [1.54, 1.807) is 19.0 Å². The number of hydrogen-bond donors (Lipinski definition) is 2. The zero-order valence-corrected chi connectivity index (χ0v) is 19.9. The van der Waals surface area contributed by atoms with Crippen molar-refractivity contribution in [1.82, 2.24) is 4.90 Å². The Bertz CT molecular complexity index is 1050. The van der Waals surface area contributed by atoms with E-state index in [1.165, 1.54) is 5.56 Å². The first kappa shape index (κ1) is 24.8. The van der Waals surface area contributed by atoms with E-state index in [0.29, 0.717) is 25.1 Å². The van der Waals surface area contributed by atoms with Crippen LogP contribution in [0.5, 0.6) is 5.75 Å². The third-order valence-corrected chi connectivity index (χ3v) is 5.37. The van der Waals surface area contributed by atoms with Crippen molar-refractivity contribution in [3.05, 3.63) is 90.0 Å². The van der Waals surface area contributed by atoms with Crippen molar-refractivity contribution in [1.29, 1.82) is 0 Å². The topological polar surface area (TPSA) is 70.7 Å². The van der Waals surface area contributed by atoms with Crippen LogP contribution in [-0.4, -0.2) is 44.0 Å². The summed E-state index contributed by atoms with van der Waals surface area (Å²) in [5.41, 5.74) is 3.95. The van der Waals surface area contributed by atoms with E-state index in [4.69, 9.17) is 4.74 Å². The maximum atomic E-state index is 12.4. The Morgan fingerprint density at radius 2 is 1.56 bits per heavy atom. The number of carbonyl (C=O) groups excluding carboxylic acids is 2. The molecule has 34 heavy (non-hydrogen) atoms. The normalized spacial score (nSPS) is 10.4. The van der Waals surface area contributed by atoms with Gasteiger partial charge in [-0.05, 0) is 54.7 Å². The average molecular weight is 460 g/mol. The van der Waals surface area contributed by atoms with Crippen LogP contribution in [0, 0.1) is 0 Å². The lowest BCUT2D eigenvalue weighted by Gasteiger charge is -2.11. The van der Waals surface area contributed by atoms with Crippen molar-refractivity contribution < 1.29 is 14.3 Å². The van der Waals surface area contributed by atoms with Crippen molar-refractivity contribution in [2.75, 3.05) is 37.9 Å². The first-order valence-corrected chi connectivity index (χ1v) is 11.6. The molecule has 2 N–H and O–H groups in total. The molecule has 0 fully saturated rings. The average Bonchev–Trinajstić information content (AvgIpc) is 2.85. The minimum Gasteiger partial charge on any atom is -0.494 e. The summed E-state index contributed by atoms with van der Waals surface area (Å²) in [6.07, 6.45) is 3.08. The molecule has 0 aliphatic carbocycles. The molecule has 3 aromatic rings. The van der Waals surface area contributed by atoms with Crippen LogP contribution in [0.15, 0.2) is 78.9 Å².